The number of hydrogen-bond donors (Lipinski definition) is 0. The highest BCUT2D eigenvalue weighted by Gasteiger charge is 2.22. The number of ketones is 2. The van der Waals surface area contributed by atoms with E-state index >= 15 is 0 Å². The van der Waals surface area contributed by atoms with Crippen molar-refractivity contribution in [1.29, 1.82) is 0 Å². The minimum Gasteiger partial charge on any atom is -0.287 e. The number of pyridine rings is 2. The summed E-state index contributed by atoms with van der Waals surface area (Å²) in [7, 11) is 0. The molecule has 0 atom stereocenters. The molecule has 116 valence electrons. The summed E-state index contributed by atoms with van der Waals surface area (Å²) in [5, 5.41) is 0. The van der Waals surface area contributed by atoms with Crippen LogP contribution in [-0.2, 0) is 0 Å². The first-order valence-electron chi connectivity index (χ1n) is 7.44. The lowest BCUT2D eigenvalue weighted by molar-refractivity contribution is 0.0959. The first-order chi connectivity index (χ1) is 11.8. The highest BCUT2D eigenvalue weighted by molar-refractivity contribution is 6.32. The topological polar surface area (TPSA) is 59.9 Å². The quantitative estimate of drug-likeness (QED) is 0.312. The lowest BCUT2D eigenvalue weighted by Crippen LogP contribution is -2.15. The van der Waals surface area contributed by atoms with Crippen molar-refractivity contribution >= 4 is 17.6 Å². The van der Waals surface area contributed by atoms with Crippen molar-refractivity contribution in [2.75, 3.05) is 0 Å². The average molecular weight is 314 g/mol. The van der Waals surface area contributed by atoms with E-state index in [1.807, 2.05) is 30.3 Å². The second kappa shape index (κ2) is 7.24. The predicted molar refractivity (Wildman–Crippen MR) is 91.6 cm³/mol. The molecule has 3 rings (SSSR count). The van der Waals surface area contributed by atoms with Gasteiger partial charge in [-0.25, -0.2) is 0 Å². The SMILES string of the molecule is O=C(C(=Cc1ccccc1)C(=O)c1ccccn1)c1ccccn1. The highest BCUT2D eigenvalue weighted by atomic mass is 16.1. The Hall–Kier alpha value is -3.40. The second-order valence-electron chi connectivity index (χ2n) is 5.06. The van der Waals surface area contributed by atoms with Gasteiger partial charge in [0.05, 0.1) is 5.57 Å². The van der Waals surface area contributed by atoms with E-state index in [9.17, 15) is 9.59 Å². The molecular formula is C20H14N2O2. The molecule has 0 spiro atoms. The molecule has 0 aliphatic rings. The number of carbonyl (C=O) groups is 2. The first kappa shape index (κ1) is 15.5. The van der Waals surface area contributed by atoms with Crippen LogP contribution in [0.5, 0.6) is 0 Å². The van der Waals surface area contributed by atoms with Gasteiger partial charge in [0.1, 0.15) is 11.4 Å². The molecule has 0 saturated heterocycles. The summed E-state index contributed by atoms with van der Waals surface area (Å²) in [6, 6.07) is 19.3. The Bertz CT molecular complexity index is 820. The lowest BCUT2D eigenvalue weighted by atomic mass is 9.98. The fourth-order valence-corrected chi connectivity index (χ4v) is 2.22. The fraction of sp³-hybridized carbons (Fsp3) is 0. The summed E-state index contributed by atoms with van der Waals surface area (Å²) >= 11 is 0. The van der Waals surface area contributed by atoms with Gasteiger partial charge >= 0.3 is 0 Å². The van der Waals surface area contributed by atoms with E-state index in [2.05, 4.69) is 9.97 Å². The number of carbonyl (C=O) groups excluding carboxylic acids is 2. The number of allylic oxidation sites excluding steroid dienone is 1. The Balaban J connectivity index is 2.06. The molecule has 0 radical (unpaired) electrons. The van der Waals surface area contributed by atoms with Gasteiger partial charge in [0.25, 0.3) is 0 Å². The number of Topliss-reactive ketones (excluding diaryl/α,β-unsaturated/α-hetero) is 2. The molecule has 2 heterocycles. The van der Waals surface area contributed by atoms with Crippen LogP contribution < -0.4 is 0 Å². The molecule has 2 aromatic heterocycles. The van der Waals surface area contributed by atoms with Crippen LogP contribution >= 0.6 is 0 Å². The van der Waals surface area contributed by atoms with Gasteiger partial charge in [0, 0.05) is 12.4 Å². The zero-order valence-electron chi connectivity index (χ0n) is 12.8. The van der Waals surface area contributed by atoms with Gasteiger partial charge in [-0.2, -0.15) is 0 Å². The van der Waals surface area contributed by atoms with Crippen LogP contribution in [0.1, 0.15) is 26.5 Å². The van der Waals surface area contributed by atoms with Crippen LogP contribution in [0.25, 0.3) is 6.08 Å². The van der Waals surface area contributed by atoms with Crippen LogP contribution in [0.3, 0.4) is 0 Å². The van der Waals surface area contributed by atoms with E-state index in [4.69, 9.17) is 0 Å². The van der Waals surface area contributed by atoms with Crippen LogP contribution in [0.2, 0.25) is 0 Å². The van der Waals surface area contributed by atoms with Crippen molar-refractivity contribution in [3.05, 3.63) is 102 Å². The summed E-state index contributed by atoms with van der Waals surface area (Å²) in [5.41, 5.74) is 1.26. The predicted octanol–water partition coefficient (Wildman–Crippen LogP) is 3.63. The molecule has 24 heavy (non-hydrogen) atoms. The Labute approximate surface area is 139 Å². The fourth-order valence-electron chi connectivity index (χ4n) is 2.22. The van der Waals surface area contributed by atoms with Crippen molar-refractivity contribution in [2.45, 2.75) is 0 Å². The molecular weight excluding hydrogens is 300 g/mol. The number of nitrogens with zero attached hydrogens (tertiary/aromatic N) is 2. The number of aromatic nitrogens is 2. The number of benzene rings is 1. The van der Waals surface area contributed by atoms with Crippen molar-refractivity contribution < 1.29 is 9.59 Å². The third kappa shape index (κ3) is 3.50. The monoisotopic (exact) mass is 314 g/mol. The molecule has 0 bridgehead atoms. The van der Waals surface area contributed by atoms with Gasteiger partial charge in [-0.05, 0) is 35.9 Å². The van der Waals surface area contributed by atoms with Gasteiger partial charge in [-0.15, -0.1) is 0 Å². The molecule has 4 nitrogen and oxygen atoms in total. The third-order valence-corrected chi connectivity index (χ3v) is 3.39. The van der Waals surface area contributed by atoms with Gasteiger partial charge < -0.3 is 0 Å². The Kier molecular flexibility index (Phi) is 4.68. The Morgan fingerprint density at radius 1 is 0.667 bits per heavy atom. The van der Waals surface area contributed by atoms with E-state index in [0.29, 0.717) is 0 Å². The van der Waals surface area contributed by atoms with Crippen LogP contribution in [-0.4, -0.2) is 21.5 Å². The van der Waals surface area contributed by atoms with E-state index in [1.54, 1.807) is 42.5 Å². The van der Waals surface area contributed by atoms with Gasteiger partial charge in [-0.1, -0.05) is 42.5 Å². The molecule has 0 saturated carbocycles. The zero-order valence-corrected chi connectivity index (χ0v) is 12.8. The maximum absolute atomic E-state index is 12.8. The second-order valence-corrected chi connectivity index (χ2v) is 5.06. The maximum Gasteiger partial charge on any atom is 0.215 e. The normalized spacial score (nSPS) is 10.0. The summed E-state index contributed by atoms with van der Waals surface area (Å²) in [6.07, 6.45) is 4.63. The van der Waals surface area contributed by atoms with E-state index in [1.165, 1.54) is 12.4 Å². The minimum atomic E-state index is -0.421. The molecule has 1 aromatic carbocycles. The molecule has 0 aliphatic carbocycles. The van der Waals surface area contributed by atoms with E-state index < -0.39 is 11.6 Å². The van der Waals surface area contributed by atoms with Crippen molar-refractivity contribution in [2.24, 2.45) is 0 Å². The molecule has 4 heteroatoms. The molecule has 0 amide bonds. The Morgan fingerprint density at radius 2 is 1.17 bits per heavy atom. The van der Waals surface area contributed by atoms with Crippen LogP contribution in [0, 0.1) is 0 Å². The van der Waals surface area contributed by atoms with Crippen molar-refractivity contribution in [1.82, 2.24) is 9.97 Å². The summed E-state index contributed by atoms with van der Waals surface area (Å²) in [6.45, 7) is 0. The standard InChI is InChI=1S/C20H14N2O2/c23-19(17-10-4-6-12-21-17)16(14-15-8-2-1-3-9-15)20(24)18-11-5-7-13-22-18/h1-14H. The van der Waals surface area contributed by atoms with E-state index in [0.717, 1.165) is 5.56 Å². The highest BCUT2D eigenvalue weighted by Crippen LogP contribution is 2.16. The number of rotatable bonds is 5. The van der Waals surface area contributed by atoms with Crippen molar-refractivity contribution in [3.8, 4) is 0 Å². The maximum atomic E-state index is 12.8. The zero-order chi connectivity index (χ0) is 16.8. The third-order valence-electron chi connectivity index (χ3n) is 3.39. The minimum absolute atomic E-state index is 0.0404. The van der Waals surface area contributed by atoms with Gasteiger partial charge in [0.15, 0.2) is 0 Å². The lowest BCUT2D eigenvalue weighted by Gasteiger charge is -2.06. The summed E-state index contributed by atoms with van der Waals surface area (Å²) in [4.78, 5) is 33.7. The largest absolute Gasteiger partial charge is 0.287 e. The average Bonchev–Trinajstić information content (AvgIpc) is 2.67. The summed E-state index contributed by atoms with van der Waals surface area (Å²) in [5.74, 6) is -0.842. The molecule has 0 N–H and O–H groups in total. The molecule has 3 aromatic rings. The van der Waals surface area contributed by atoms with Crippen LogP contribution in [0.4, 0.5) is 0 Å². The number of hydrogen-bond acceptors (Lipinski definition) is 4. The van der Waals surface area contributed by atoms with Crippen LogP contribution in [0.15, 0.2) is 84.7 Å². The Morgan fingerprint density at radius 3 is 1.62 bits per heavy atom. The van der Waals surface area contributed by atoms with E-state index in [-0.39, 0.29) is 17.0 Å². The van der Waals surface area contributed by atoms with Gasteiger partial charge in [-0.3, -0.25) is 19.6 Å². The first-order valence-corrected chi connectivity index (χ1v) is 7.44. The summed E-state index contributed by atoms with van der Waals surface area (Å²) < 4.78 is 0. The molecule has 0 unspecified atom stereocenters. The van der Waals surface area contributed by atoms with Crippen molar-refractivity contribution in [3.63, 3.8) is 0 Å². The smallest absolute Gasteiger partial charge is 0.215 e. The van der Waals surface area contributed by atoms with Gasteiger partial charge in [0.2, 0.25) is 11.6 Å². The molecule has 0 fully saturated rings. The molecule has 0 aliphatic heterocycles.